The van der Waals surface area contributed by atoms with Gasteiger partial charge >= 0.3 is 0 Å². The Morgan fingerprint density at radius 1 is 0.830 bits per heavy atom. The van der Waals surface area contributed by atoms with Crippen molar-refractivity contribution in [2.24, 2.45) is 5.73 Å². The Hall–Kier alpha value is -1.29. The number of nitrogens with zero attached hydrogens (tertiary/aromatic N) is 4. The molecule has 0 spiro atoms. The van der Waals surface area contributed by atoms with Gasteiger partial charge in [0.2, 0.25) is 5.88 Å². The van der Waals surface area contributed by atoms with E-state index in [0.29, 0.717) is 11.9 Å². The molecular weight excluding hydrogens is 584 g/mol. The van der Waals surface area contributed by atoms with Gasteiger partial charge in [-0.15, -0.1) is 0 Å². The number of aromatic nitrogens is 1. The molecule has 1 aliphatic carbocycles. The van der Waals surface area contributed by atoms with E-state index in [1.54, 1.807) is 0 Å². The van der Waals surface area contributed by atoms with Crippen LogP contribution in [0.2, 0.25) is 0 Å². The zero-order valence-electron chi connectivity index (χ0n) is 32.3. The molecule has 8 nitrogen and oxygen atoms in total. The van der Waals surface area contributed by atoms with Crippen molar-refractivity contribution < 1.29 is 9.47 Å². The Labute approximate surface area is 288 Å². The Morgan fingerprint density at radius 3 is 2.09 bits per heavy atom. The van der Waals surface area contributed by atoms with Crippen molar-refractivity contribution in [2.45, 2.75) is 167 Å². The highest BCUT2D eigenvalue weighted by Gasteiger charge is 2.35. The minimum atomic E-state index is -0.107. The van der Waals surface area contributed by atoms with Crippen LogP contribution in [-0.2, 0) is 10.2 Å². The summed E-state index contributed by atoms with van der Waals surface area (Å²) in [5, 5.41) is 4.01. The van der Waals surface area contributed by atoms with Gasteiger partial charge in [-0.05, 0) is 125 Å². The fourth-order valence-corrected chi connectivity index (χ4v) is 7.54. The van der Waals surface area contributed by atoms with E-state index in [4.69, 9.17) is 15.2 Å². The maximum absolute atomic E-state index is 6.52. The van der Waals surface area contributed by atoms with Crippen molar-refractivity contribution >= 4 is 0 Å². The Morgan fingerprint density at radius 2 is 1.49 bits per heavy atom. The van der Waals surface area contributed by atoms with Gasteiger partial charge in [0.1, 0.15) is 6.10 Å². The average Bonchev–Trinajstić information content (AvgIpc) is 3.40. The molecule has 2 aliphatic heterocycles. The van der Waals surface area contributed by atoms with Gasteiger partial charge in [0, 0.05) is 80.2 Å². The van der Waals surface area contributed by atoms with Crippen LogP contribution in [0.25, 0.3) is 0 Å². The van der Waals surface area contributed by atoms with Crippen molar-refractivity contribution in [2.75, 3.05) is 52.4 Å². The van der Waals surface area contributed by atoms with E-state index < -0.39 is 0 Å². The molecule has 270 valence electrons. The molecule has 1 atom stereocenters. The summed E-state index contributed by atoms with van der Waals surface area (Å²) in [5.41, 5.74) is 7.63. The van der Waals surface area contributed by atoms with Crippen molar-refractivity contribution in [3.8, 4) is 5.88 Å². The van der Waals surface area contributed by atoms with E-state index in [9.17, 15) is 0 Å². The highest BCUT2D eigenvalue weighted by Crippen LogP contribution is 2.33. The molecule has 1 aromatic heterocycles. The van der Waals surface area contributed by atoms with Gasteiger partial charge in [-0.3, -0.25) is 14.7 Å². The van der Waals surface area contributed by atoms with Crippen molar-refractivity contribution in [3.05, 3.63) is 23.9 Å². The first-order valence-corrected chi connectivity index (χ1v) is 18.8. The number of hydrogen-bond donors (Lipinski definition) is 2. The maximum Gasteiger partial charge on any atom is 0.213 e. The number of ether oxygens (including phenoxy) is 2. The van der Waals surface area contributed by atoms with Gasteiger partial charge in [-0.2, -0.15) is 0 Å². The molecule has 0 amide bonds. The molecule has 8 heteroatoms. The monoisotopic (exact) mass is 657 g/mol. The zero-order chi connectivity index (χ0) is 34.7. The molecule has 0 radical (unpaired) electrons. The molecule has 3 fully saturated rings. The fourth-order valence-electron chi connectivity index (χ4n) is 7.54. The summed E-state index contributed by atoms with van der Waals surface area (Å²) >= 11 is 0. The number of nitrogens with two attached hydrogens (primary N) is 1. The van der Waals surface area contributed by atoms with Crippen molar-refractivity contribution in [1.82, 2.24) is 25.0 Å². The quantitative estimate of drug-likeness (QED) is 0.217. The number of likely N-dealkylation sites (tertiary alicyclic amines) is 1. The molecule has 3 aliphatic rings. The third-order valence-corrected chi connectivity index (χ3v) is 11.5. The summed E-state index contributed by atoms with van der Waals surface area (Å²) in [5.74, 6) is 0.716. The zero-order valence-corrected chi connectivity index (χ0v) is 32.3. The van der Waals surface area contributed by atoms with Gasteiger partial charge in [0.05, 0.1) is 12.2 Å². The number of hydrogen-bond acceptors (Lipinski definition) is 8. The van der Waals surface area contributed by atoms with Crippen molar-refractivity contribution in [3.63, 3.8) is 0 Å². The average molecular weight is 657 g/mol. The summed E-state index contributed by atoms with van der Waals surface area (Å²) in [4.78, 5) is 12.5. The Balaban J connectivity index is 1.13. The number of piperazine rings is 1. The van der Waals surface area contributed by atoms with E-state index in [1.807, 2.05) is 12.3 Å². The second-order valence-electron chi connectivity index (χ2n) is 18.6. The van der Waals surface area contributed by atoms with E-state index in [0.717, 1.165) is 90.9 Å². The first kappa shape index (κ1) is 38.5. The van der Waals surface area contributed by atoms with Crippen LogP contribution in [0.3, 0.4) is 0 Å². The van der Waals surface area contributed by atoms with Crippen LogP contribution in [0.15, 0.2) is 18.3 Å². The van der Waals surface area contributed by atoms with Crippen LogP contribution < -0.4 is 15.8 Å². The lowest BCUT2D eigenvalue weighted by Crippen LogP contribution is -2.58. The third-order valence-electron chi connectivity index (χ3n) is 11.5. The van der Waals surface area contributed by atoms with Crippen LogP contribution >= 0.6 is 0 Å². The molecular formula is C39H72N6O2. The van der Waals surface area contributed by atoms with E-state index in [1.165, 1.54) is 12.0 Å². The van der Waals surface area contributed by atoms with Crippen LogP contribution in [0, 0.1) is 0 Å². The second kappa shape index (κ2) is 15.3. The summed E-state index contributed by atoms with van der Waals surface area (Å²) in [6.45, 7) is 34.5. The van der Waals surface area contributed by atoms with Gasteiger partial charge in [0.15, 0.2) is 0 Å². The fraction of sp³-hybridized carbons (Fsp3) is 0.872. The van der Waals surface area contributed by atoms with E-state index >= 15 is 0 Å². The standard InChI is InChI=1S/C39H72N6O2/c1-35(2,3)44-20-22-45(23-21-44)38(8,9)17-18-39(10,11)46-25-24-43-19-14-32(29-43)42-37(6,7)16-15-36(4,5)30-12-13-34(41-28-30)47-33-26-31(40)27-33/h12-13,28,31-33,42H,14-27,29,40H2,1-11H3/t31-,32-,33-/m0/s1. The van der Waals surface area contributed by atoms with E-state index in [2.05, 4.69) is 107 Å². The van der Waals surface area contributed by atoms with Gasteiger partial charge in [0.25, 0.3) is 0 Å². The highest BCUT2D eigenvalue weighted by molar-refractivity contribution is 5.25. The van der Waals surface area contributed by atoms with Crippen LogP contribution in [0.5, 0.6) is 5.88 Å². The smallest absolute Gasteiger partial charge is 0.213 e. The minimum absolute atomic E-state index is 0.0472. The number of pyridine rings is 1. The molecule has 0 bridgehead atoms. The van der Waals surface area contributed by atoms with Gasteiger partial charge < -0.3 is 20.5 Å². The molecule has 0 unspecified atom stereocenters. The summed E-state index contributed by atoms with van der Waals surface area (Å²) < 4.78 is 12.5. The van der Waals surface area contributed by atoms with Crippen LogP contribution in [0.4, 0.5) is 0 Å². The topological polar surface area (TPSA) is 79.1 Å². The lowest BCUT2D eigenvalue weighted by atomic mass is 9.78. The lowest BCUT2D eigenvalue weighted by Gasteiger charge is -2.48. The predicted molar refractivity (Wildman–Crippen MR) is 196 cm³/mol. The molecule has 0 aromatic carbocycles. The SMILES string of the molecule is CC(C)(CCC(C)(C)c1ccc(O[C@H]2C[C@H](N)C2)nc1)N[C@H]1CCN(CCOC(C)(C)CCC(C)(C)N2CCN(C(C)(C)C)CC2)C1. The first-order valence-electron chi connectivity index (χ1n) is 18.8. The van der Waals surface area contributed by atoms with Crippen LogP contribution in [0.1, 0.15) is 127 Å². The summed E-state index contributed by atoms with van der Waals surface area (Å²) in [6.07, 6.45) is 9.72. The molecule has 2 saturated heterocycles. The first-order chi connectivity index (χ1) is 21.7. The van der Waals surface area contributed by atoms with Gasteiger partial charge in [-0.25, -0.2) is 4.98 Å². The normalized spacial score (nSPS) is 24.5. The number of nitrogens with one attached hydrogen (secondary N) is 1. The second-order valence-corrected chi connectivity index (χ2v) is 18.6. The molecule has 3 N–H and O–H groups in total. The third kappa shape index (κ3) is 11.6. The van der Waals surface area contributed by atoms with Gasteiger partial charge in [-0.1, -0.05) is 19.9 Å². The van der Waals surface area contributed by atoms with Crippen LogP contribution in [-0.4, -0.2) is 113 Å². The molecule has 1 aromatic rings. The lowest BCUT2D eigenvalue weighted by molar-refractivity contribution is -0.0462. The van der Waals surface area contributed by atoms with Crippen molar-refractivity contribution in [1.29, 1.82) is 0 Å². The molecule has 4 rings (SSSR count). The maximum atomic E-state index is 6.52. The molecule has 3 heterocycles. The molecule has 1 saturated carbocycles. The minimum Gasteiger partial charge on any atom is -0.474 e. The Kier molecular flexibility index (Phi) is 12.5. The van der Waals surface area contributed by atoms with E-state index in [-0.39, 0.29) is 39.8 Å². The summed E-state index contributed by atoms with van der Waals surface area (Å²) in [6, 6.07) is 5.03. The Bertz CT molecular complexity index is 1100. The largest absolute Gasteiger partial charge is 0.474 e. The predicted octanol–water partition coefficient (Wildman–Crippen LogP) is 6.22. The highest BCUT2D eigenvalue weighted by atomic mass is 16.5. The summed E-state index contributed by atoms with van der Waals surface area (Å²) in [7, 11) is 0. The molecule has 47 heavy (non-hydrogen) atoms. The number of rotatable bonds is 16.